The number of hydrogen-bond acceptors (Lipinski definition) is 2. The van der Waals surface area contributed by atoms with E-state index in [2.05, 4.69) is 6.07 Å². The molecule has 3 rings (SSSR count). The zero-order chi connectivity index (χ0) is 12.5. The van der Waals surface area contributed by atoms with E-state index in [1.165, 1.54) is 5.56 Å². The molecule has 96 valence electrons. The molecule has 1 saturated carbocycles. The molecule has 1 aromatic carbocycles. The number of anilines is 1. The number of hydrogen-bond donors (Lipinski definition) is 0. The molecular weight excluding hydrogens is 250 g/mol. The lowest BCUT2D eigenvalue weighted by molar-refractivity contribution is 0.147. The normalized spacial score (nSPS) is 24.8. The van der Waals surface area contributed by atoms with Gasteiger partial charge in [0.2, 0.25) is 0 Å². The Balaban J connectivity index is 1.58. The Bertz CT molecular complexity index is 463. The summed E-state index contributed by atoms with van der Waals surface area (Å²) in [6.07, 6.45) is 1.78. The molecule has 18 heavy (non-hydrogen) atoms. The number of rotatable bonds is 3. The summed E-state index contributed by atoms with van der Waals surface area (Å²) >= 11 is 5.75. The molecule has 3 nitrogen and oxygen atoms in total. The minimum absolute atomic E-state index is 0.222. The van der Waals surface area contributed by atoms with E-state index < -0.39 is 0 Å². The van der Waals surface area contributed by atoms with Crippen LogP contribution in [0, 0.1) is 11.8 Å². The maximum absolute atomic E-state index is 12.0. The van der Waals surface area contributed by atoms with Crippen molar-refractivity contribution in [2.24, 2.45) is 11.8 Å². The number of para-hydroxylation sites is 1. The Hall–Kier alpha value is -1.22. The van der Waals surface area contributed by atoms with Gasteiger partial charge in [-0.1, -0.05) is 18.2 Å². The number of halogens is 1. The lowest BCUT2D eigenvalue weighted by Crippen LogP contribution is -2.30. The lowest BCUT2D eigenvalue weighted by atomic mass is 10.2. The summed E-state index contributed by atoms with van der Waals surface area (Å²) in [6, 6.07) is 7.99. The van der Waals surface area contributed by atoms with E-state index in [-0.39, 0.29) is 6.09 Å². The van der Waals surface area contributed by atoms with Crippen molar-refractivity contribution in [3.8, 4) is 0 Å². The van der Waals surface area contributed by atoms with Crippen molar-refractivity contribution in [1.82, 2.24) is 0 Å². The number of carbonyl (C=O) groups is 1. The molecule has 1 amide bonds. The van der Waals surface area contributed by atoms with Crippen LogP contribution in [0.25, 0.3) is 0 Å². The Morgan fingerprint density at radius 1 is 1.39 bits per heavy atom. The predicted octanol–water partition coefficient (Wildman–Crippen LogP) is 3.06. The van der Waals surface area contributed by atoms with Gasteiger partial charge in [-0.25, -0.2) is 4.79 Å². The zero-order valence-electron chi connectivity index (χ0n) is 10.1. The van der Waals surface area contributed by atoms with Crippen LogP contribution >= 0.6 is 11.6 Å². The van der Waals surface area contributed by atoms with Crippen LogP contribution in [0.15, 0.2) is 24.3 Å². The minimum atomic E-state index is -0.222. The van der Waals surface area contributed by atoms with Crippen LogP contribution in [0.2, 0.25) is 0 Å². The van der Waals surface area contributed by atoms with Gasteiger partial charge >= 0.3 is 6.09 Å². The first-order chi connectivity index (χ1) is 8.79. The van der Waals surface area contributed by atoms with Crippen LogP contribution in [0.3, 0.4) is 0 Å². The largest absolute Gasteiger partial charge is 0.449 e. The van der Waals surface area contributed by atoms with Gasteiger partial charge in [0.1, 0.15) is 0 Å². The van der Waals surface area contributed by atoms with Crippen molar-refractivity contribution in [3.05, 3.63) is 29.8 Å². The smallest absolute Gasteiger partial charge is 0.414 e. The highest BCUT2D eigenvalue weighted by atomic mass is 35.5. The number of benzene rings is 1. The molecule has 2 atom stereocenters. The molecule has 0 unspecified atom stereocenters. The Labute approximate surface area is 112 Å². The van der Waals surface area contributed by atoms with Gasteiger partial charge in [0.05, 0.1) is 12.3 Å². The molecule has 1 aromatic rings. The summed E-state index contributed by atoms with van der Waals surface area (Å²) in [4.78, 5) is 13.7. The van der Waals surface area contributed by atoms with Crippen molar-refractivity contribution >= 4 is 23.4 Å². The lowest BCUT2D eigenvalue weighted by Gasteiger charge is -2.16. The van der Waals surface area contributed by atoms with E-state index in [1.54, 1.807) is 4.90 Å². The minimum Gasteiger partial charge on any atom is -0.449 e. The topological polar surface area (TPSA) is 29.5 Å². The number of alkyl halides is 1. The molecule has 1 heterocycles. The molecule has 1 aliphatic carbocycles. The first-order valence-corrected chi connectivity index (χ1v) is 6.91. The quantitative estimate of drug-likeness (QED) is 0.786. The van der Waals surface area contributed by atoms with E-state index in [4.69, 9.17) is 16.3 Å². The van der Waals surface area contributed by atoms with Crippen LogP contribution in [0.5, 0.6) is 0 Å². The fraction of sp³-hybridized carbons (Fsp3) is 0.500. The summed E-state index contributed by atoms with van der Waals surface area (Å²) in [7, 11) is 0. The molecule has 0 aromatic heterocycles. The average Bonchev–Trinajstić information content (AvgIpc) is 3.04. The molecule has 0 radical (unpaired) electrons. The number of amides is 1. The second kappa shape index (κ2) is 4.81. The number of fused-ring (bicyclic) bond motifs is 1. The third-order valence-electron chi connectivity index (χ3n) is 3.80. The fourth-order valence-corrected chi connectivity index (χ4v) is 2.87. The third-order valence-corrected chi connectivity index (χ3v) is 4.19. The second-order valence-corrected chi connectivity index (χ2v) is 5.33. The standard InChI is InChI=1S/C14H16ClNO2/c15-8-11-7-12(11)9-18-14(17)16-6-5-10-3-1-2-4-13(10)16/h1-4,11-12H,5-9H2/t11-,12-/m0/s1. The van der Waals surface area contributed by atoms with Gasteiger partial charge in [-0.3, -0.25) is 4.90 Å². The van der Waals surface area contributed by atoms with Crippen molar-refractivity contribution < 1.29 is 9.53 Å². The van der Waals surface area contributed by atoms with Crippen LogP contribution in [-0.4, -0.2) is 25.1 Å². The summed E-state index contributed by atoms with van der Waals surface area (Å²) in [5.41, 5.74) is 2.21. The highest BCUT2D eigenvalue weighted by Gasteiger charge is 2.37. The van der Waals surface area contributed by atoms with Crippen LogP contribution in [0.4, 0.5) is 10.5 Å². The van der Waals surface area contributed by atoms with Gasteiger partial charge in [-0.15, -0.1) is 11.6 Å². The fourth-order valence-electron chi connectivity index (χ4n) is 2.49. The molecule has 0 spiro atoms. The number of carbonyl (C=O) groups excluding carboxylic acids is 1. The van der Waals surface area contributed by atoms with Crippen LogP contribution in [-0.2, 0) is 11.2 Å². The maximum atomic E-state index is 12.0. The van der Waals surface area contributed by atoms with E-state index >= 15 is 0 Å². The van der Waals surface area contributed by atoms with E-state index in [1.807, 2.05) is 18.2 Å². The second-order valence-electron chi connectivity index (χ2n) is 5.02. The van der Waals surface area contributed by atoms with Crippen molar-refractivity contribution in [2.75, 3.05) is 23.9 Å². The summed E-state index contributed by atoms with van der Waals surface area (Å²) in [5, 5.41) is 0. The monoisotopic (exact) mass is 265 g/mol. The van der Waals surface area contributed by atoms with E-state index in [9.17, 15) is 4.79 Å². The van der Waals surface area contributed by atoms with Crippen LogP contribution < -0.4 is 4.90 Å². The van der Waals surface area contributed by atoms with Crippen molar-refractivity contribution in [2.45, 2.75) is 12.8 Å². The SMILES string of the molecule is O=C(OC[C@@H]1C[C@H]1CCl)N1CCc2ccccc21. The van der Waals surface area contributed by atoms with Gasteiger partial charge in [-0.2, -0.15) is 0 Å². The Morgan fingerprint density at radius 2 is 2.22 bits per heavy atom. The Morgan fingerprint density at radius 3 is 3.00 bits per heavy atom. The highest BCUT2D eigenvalue weighted by molar-refractivity contribution is 6.18. The highest BCUT2D eigenvalue weighted by Crippen LogP contribution is 2.39. The molecule has 1 fully saturated rings. The molecule has 2 aliphatic rings. The van der Waals surface area contributed by atoms with Gasteiger partial charge in [0.15, 0.2) is 0 Å². The summed E-state index contributed by atoms with van der Waals surface area (Å²) in [5.74, 6) is 1.70. The molecular formula is C14H16ClNO2. The number of ether oxygens (including phenoxy) is 1. The molecule has 0 saturated heterocycles. The van der Waals surface area contributed by atoms with Crippen LogP contribution in [0.1, 0.15) is 12.0 Å². The molecule has 1 aliphatic heterocycles. The van der Waals surface area contributed by atoms with E-state index in [0.717, 1.165) is 25.1 Å². The maximum Gasteiger partial charge on any atom is 0.414 e. The van der Waals surface area contributed by atoms with Gasteiger partial charge in [0.25, 0.3) is 0 Å². The predicted molar refractivity (Wildman–Crippen MR) is 71.2 cm³/mol. The summed E-state index contributed by atoms with van der Waals surface area (Å²) in [6.45, 7) is 1.23. The van der Waals surface area contributed by atoms with Gasteiger partial charge < -0.3 is 4.74 Å². The van der Waals surface area contributed by atoms with Crippen molar-refractivity contribution in [3.63, 3.8) is 0 Å². The van der Waals surface area contributed by atoms with Gasteiger partial charge in [-0.05, 0) is 36.3 Å². The van der Waals surface area contributed by atoms with Gasteiger partial charge in [0, 0.05) is 12.4 Å². The third kappa shape index (κ3) is 2.19. The summed E-state index contributed by atoms with van der Waals surface area (Å²) < 4.78 is 5.37. The Kier molecular flexibility index (Phi) is 3.16. The first-order valence-electron chi connectivity index (χ1n) is 6.37. The van der Waals surface area contributed by atoms with Crippen molar-refractivity contribution in [1.29, 1.82) is 0 Å². The van der Waals surface area contributed by atoms with E-state index in [0.29, 0.717) is 24.3 Å². The molecule has 4 heteroatoms. The molecule has 0 bridgehead atoms. The zero-order valence-corrected chi connectivity index (χ0v) is 10.9. The first kappa shape index (κ1) is 11.8. The molecule has 0 N–H and O–H groups in total. The average molecular weight is 266 g/mol. The number of nitrogens with zero attached hydrogens (tertiary/aromatic N) is 1.